The standard InChI is InChI=1S/C28H25Cl2N3O3/c1-16-8-9-24(18(3)10-16)32-26(34)15-36-27-22(29)12-20(13-23(27)30)11-21(14-31)28(35)33-25-7-5-6-17(2)19(25)4/h5-13H,15H2,1-4H3,(H,32,34)(H,33,35)/b21-11-. The molecule has 0 atom stereocenters. The van der Waals surface area contributed by atoms with Crippen LogP contribution in [0.5, 0.6) is 5.75 Å². The van der Waals surface area contributed by atoms with Gasteiger partial charge in [-0.05, 0) is 80.3 Å². The second-order valence-corrected chi connectivity index (χ2v) is 9.15. The van der Waals surface area contributed by atoms with Crippen LogP contribution in [0.15, 0.2) is 54.1 Å². The van der Waals surface area contributed by atoms with Gasteiger partial charge in [0.2, 0.25) is 0 Å². The van der Waals surface area contributed by atoms with Gasteiger partial charge in [0.15, 0.2) is 12.4 Å². The number of hydrogen-bond acceptors (Lipinski definition) is 4. The van der Waals surface area contributed by atoms with Crippen molar-refractivity contribution in [3.05, 3.63) is 92.0 Å². The second kappa shape index (κ2) is 11.8. The van der Waals surface area contributed by atoms with E-state index < -0.39 is 5.91 Å². The third-order valence-electron chi connectivity index (χ3n) is 5.55. The normalized spacial score (nSPS) is 11.0. The summed E-state index contributed by atoms with van der Waals surface area (Å²) in [5, 5.41) is 15.4. The van der Waals surface area contributed by atoms with E-state index in [1.54, 1.807) is 6.07 Å². The average molecular weight is 522 g/mol. The van der Waals surface area contributed by atoms with Gasteiger partial charge in [-0.25, -0.2) is 0 Å². The van der Waals surface area contributed by atoms with E-state index in [9.17, 15) is 14.9 Å². The number of nitrogens with zero attached hydrogens (tertiary/aromatic N) is 1. The first kappa shape index (κ1) is 26.8. The summed E-state index contributed by atoms with van der Waals surface area (Å²) in [5.74, 6) is -0.792. The van der Waals surface area contributed by atoms with Crippen molar-refractivity contribution in [3.63, 3.8) is 0 Å². The zero-order valence-corrected chi connectivity index (χ0v) is 21.8. The largest absolute Gasteiger partial charge is 0.481 e. The Morgan fingerprint density at radius 2 is 1.64 bits per heavy atom. The van der Waals surface area contributed by atoms with Gasteiger partial charge >= 0.3 is 0 Å². The summed E-state index contributed by atoms with van der Waals surface area (Å²) in [4.78, 5) is 25.0. The molecule has 36 heavy (non-hydrogen) atoms. The molecule has 0 heterocycles. The quantitative estimate of drug-likeness (QED) is 0.264. The van der Waals surface area contributed by atoms with Gasteiger partial charge in [0.05, 0.1) is 10.0 Å². The highest BCUT2D eigenvalue weighted by atomic mass is 35.5. The Morgan fingerprint density at radius 3 is 2.28 bits per heavy atom. The Hall–Kier alpha value is -3.79. The van der Waals surface area contributed by atoms with Crippen LogP contribution in [0, 0.1) is 39.0 Å². The first-order valence-corrected chi connectivity index (χ1v) is 11.8. The Bertz CT molecular complexity index is 1380. The highest BCUT2D eigenvalue weighted by molar-refractivity contribution is 6.37. The Labute approximate surface area is 220 Å². The van der Waals surface area contributed by atoms with Gasteiger partial charge < -0.3 is 15.4 Å². The summed E-state index contributed by atoms with van der Waals surface area (Å²) < 4.78 is 5.56. The van der Waals surface area contributed by atoms with E-state index in [4.69, 9.17) is 27.9 Å². The van der Waals surface area contributed by atoms with E-state index in [0.29, 0.717) is 16.9 Å². The zero-order valence-electron chi connectivity index (χ0n) is 20.3. The number of rotatable bonds is 7. The van der Waals surface area contributed by atoms with Gasteiger partial charge in [-0.2, -0.15) is 5.26 Å². The smallest absolute Gasteiger partial charge is 0.266 e. The van der Waals surface area contributed by atoms with E-state index in [0.717, 1.165) is 22.3 Å². The Kier molecular flexibility index (Phi) is 8.76. The summed E-state index contributed by atoms with van der Waals surface area (Å²) >= 11 is 12.7. The number of carbonyl (C=O) groups is 2. The van der Waals surface area contributed by atoms with Crippen molar-refractivity contribution >= 4 is 52.5 Å². The molecular weight excluding hydrogens is 497 g/mol. The van der Waals surface area contributed by atoms with Crippen molar-refractivity contribution in [2.75, 3.05) is 17.2 Å². The minimum absolute atomic E-state index is 0.121. The van der Waals surface area contributed by atoms with Crippen molar-refractivity contribution in [1.29, 1.82) is 5.26 Å². The molecule has 0 spiro atoms. The third-order valence-corrected chi connectivity index (χ3v) is 6.11. The van der Waals surface area contributed by atoms with Crippen LogP contribution >= 0.6 is 23.2 Å². The highest BCUT2D eigenvalue weighted by Crippen LogP contribution is 2.35. The number of carbonyl (C=O) groups excluding carboxylic acids is 2. The van der Waals surface area contributed by atoms with E-state index in [1.165, 1.54) is 18.2 Å². The molecule has 2 N–H and O–H groups in total. The van der Waals surface area contributed by atoms with Crippen LogP contribution in [0.2, 0.25) is 10.0 Å². The number of ether oxygens (including phenoxy) is 1. The van der Waals surface area contributed by atoms with E-state index in [-0.39, 0.29) is 33.9 Å². The van der Waals surface area contributed by atoms with Crippen LogP contribution in [-0.4, -0.2) is 18.4 Å². The summed E-state index contributed by atoms with van der Waals surface area (Å²) in [6.45, 7) is 7.40. The van der Waals surface area contributed by atoms with Gasteiger partial charge in [-0.1, -0.05) is 53.0 Å². The number of anilines is 2. The van der Waals surface area contributed by atoms with Crippen LogP contribution < -0.4 is 15.4 Å². The molecule has 0 saturated carbocycles. The Morgan fingerprint density at radius 1 is 0.944 bits per heavy atom. The zero-order chi connectivity index (χ0) is 26.4. The van der Waals surface area contributed by atoms with Crippen LogP contribution in [-0.2, 0) is 9.59 Å². The number of amides is 2. The topological polar surface area (TPSA) is 91.2 Å². The highest BCUT2D eigenvalue weighted by Gasteiger charge is 2.15. The summed E-state index contributed by atoms with van der Waals surface area (Å²) in [5.41, 5.74) is 5.59. The molecule has 8 heteroatoms. The van der Waals surface area contributed by atoms with E-state index >= 15 is 0 Å². The lowest BCUT2D eigenvalue weighted by Crippen LogP contribution is -2.20. The fourth-order valence-electron chi connectivity index (χ4n) is 3.47. The molecule has 3 aromatic rings. The lowest BCUT2D eigenvalue weighted by molar-refractivity contribution is -0.118. The molecular formula is C28H25Cl2N3O3. The maximum Gasteiger partial charge on any atom is 0.266 e. The first-order valence-electron chi connectivity index (χ1n) is 11.1. The fraction of sp³-hybridized carbons (Fsp3) is 0.179. The van der Waals surface area contributed by atoms with E-state index in [1.807, 2.05) is 64.1 Å². The first-order chi connectivity index (χ1) is 17.1. The fourth-order valence-corrected chi connectivity index (χ4v) is 4.08. The van der Waals surface area contributed by atoms with Gasteiger partial charge in [-0.3, -0.25) is 9.59 Å². The van der Waals surface area contributed by atoms with Gasteiger partial charge in [0.1, 0.15) is 11.6 Å². The van der Waals surface area contributed by atoms with Crippen molar-refractivity contribution < 1.29 is 14.3 Å². The van der Waals surface area contributed by atoms with Crippen molar-refractivity contribution in [1.82, 2.24) is 0 Å². The number of aryl methyl sites for hydroxylation is 3. The molecule has 184 valence electrons. The Balaban J connectivity index is 1.71. The molecule has 0 aliphatic heterocycles. The minimum Gasteiger partial charge on any atom is -0.481 e. The lowest BCUT2D eigenvalue weighted by Gasteiger charge is -2.13. The number of halogens is 2. The molecule has 0 bridgehead atoms. The summed E-state index contributed by atoms with van der Waals surface area (Å²) in [7, 11) is 0. The van der Waals surface area contributed by atoms with Gasteiger partial charge in [0, 0.05) is 11.4 Å². The van der Waals surface area contributed by atoms with Crippen LogP contribution in [0.1, 0.15) is 27.8 Å². The van der Waals surface area contributed by atoms with Gasteiger partial charge in [-0.15, -0.1) is 0 Å². The minimum atomic E-state index is -0.554. The maximum absolute atomic E-state index is 12.7. The van der Waals surface area contributed by atoms with Crippen molar-refractivity contribution in [2.45, 2.75) is 27.7 Å². The van der Waals surface area contributed by atoms with Gasteiger partial charge in [0.25, 0.3) is 11.8 Å². The van der Waals surface area contributed by atoms with Crippen LogP contribution in [0.4, 0.5) is 11.4 Å². The molecule has 0 unspecified atom stereocenters. The monoisotopic (exact) mass is 521 g/mol. The van der Waals surface area contributed by atoms with Crippen molar-refractivity contribution in [3.8, 4) is 11.8 Å². The summed E-state index contributed by atoms with van der Waals surface area (Å²) in [6, 6.07) is 16.2. The molecule has 0 aliphatic carbocycles. The maximum atomic E-state index is 12.7. The SMILES string of the molecule is Cc1ccc(NC(=O)COc2c(Cl)cc(/C=C(/C#N)C(=O)Nc3cccc(C)c3C)cc2Cl)c(C)c1. The number of hydrogen-bond donors (Lipinski definition) is 2. The molecule has 6 nitrogen and oxygen atoms in total. The molecule has 0 saturated heterocycles. The average Bonchev–Trinajstić information content (AvgIpc) is 2.81. The second-order valence-electron chi connectivity index (χ2n) is 8.34. The lowest BCUT2D eigenvalue weighted by atomic mass is 10.1. The molecule has 0 aromatic heterocycles. The van der Waals surface area contributed by atoms with Crippen molar-refractivity contribution in [2.24, 2.45) is 0 Å². The molecule has 0 aliphatic rings. The number of nitrogens with one attached hydrogen (secondary N) is 2. The number of nitriles is 1. The molecule has 0 fully saturated rings. The summed E-state index contributed by atoms with van der Waals surface area (Å²) in [6.07, 6.45) is 1.38. The molecule has 3 rings (SSSR count). The van der Waals surface area contributed by atoms with Crippen LogP contribution in [0.3, 0.4) is 0 Å². The predicted octanol–water partition coefficient (Wildman–Crippen LogP) is 6.79. The molecule has 2 amide bonds. The van der Waals surface area contributed by atoms with E-state index in [2.05, 4.69) is 10.6 Å². The third kappa shape index (κ3) is 6.66. The molecule has 3 aromatic carbocycles. The molecule has 0 radical (unpaired) electrons. The number of benzene rings is 3. The van der Waals surface area contributed by atoms with Crippen LogP contribution in [0.25, 0.3) is 6.08 Å². The predicted molar refractivity (Wildman–Crippen MR) is 145 cm³/mol.